The van der Waals surface area contributed by atoms with Crippen LogP contribution in [0.15, 0.2) is 0 Å². The lowest BCUT2D eigenvalue weighted by molar-refractivity contribution is -0.143. The normalized spacial score (nSPS) is 16.3. The molecule has 0 rings (SSSR count). The number of carbonyl (C=O) groups excluding carboxylic acids is 3. The van der Waals surface area contributed by atoms with E-state index >= 15 is 0 Å². The first-order valence-electron chi connectivity index (χ1n) is 10.3. The van der Waals surface area contributed by atoms with Crippen molar-refractivity contribution in [3.8, 4) is 0 Å². The van der Waals surface area contributed by atoms with Crippen LogP contribution in [-0.4, -0.2) is 53.5 Å². The molecule has 0 saturated heterocycles. The quantitative estimate of drug-likeness (QED) is 0.298. The van der Waals surface area contributed by atoms with Crippen molar-refractivity contribution in [3.63, 3.8) is 0 Å². The van der Waals surface area contributed by atoms with Gasteiger partial charge in [-0.1, -0.05) is 54.4 Å². The van der Waals surface area contributed by atoms with Gasteiger partial charge in [0.15, 0.2) is 0 Å². The lowest BCUT2D eigenvalue weighted by atomic mass is 9.97. The third-order valence-corrected chi connectivity index (χ3v) is 5.12. The number of hydrogen-bond acceptors (Lipinski definition) is 5. The smallest absolute Gasteiger partial charge is 0.326 e. The van der Waals surface area contributed by atoms with Crippen LogP contribution in [0.3, 0.4) is 0 Å². The molecular formula is C20H38N4O5. The fourth-order valence-corrected chi connectivity index (χ4v) is 2.68. The fourth-order valence-electron chi connectivity index (χ4n) is 2.68. The second-order valence-corrected chi connectivity index (χ2v) is 8.09. The van der Waals surface area contributed by atoms with Crippen molar-refractivity contribution >= 4 is 23.7 Å². The summed E-state index contributed by atoms with van der Waals surface area (Å²) in [6, 6.07) is -2.57. The molecule has 9 nitrogen and oxygen atoms in total. The van der Waals surface area contributed by atoms with Crippen molar-refractivity contribution in [2.24, 2.45) is 23.5 Å². The summed E-state index contributed by atoms with van der Waals surface area (Å²) < 4.78 is 0. The average molecular weight is 415 g/mol. The Morgan fingerprint density at radius 3 is 1.90 bits per heavy atom. The molecule has 3 amide bonds. The van der Waals surface area contributed by atoms with Gasteiger partial charge >= 0.3 is 5.97 Å². The summed E-state index contributed by atoms with van der Waals surface area (Å²) in [4.78, 5) is 48.3. The Kier molecular flexibility index (Phi) is 12.2. The molecule has 0 aromatic heterocycles. The Balaban J connectivity index is 4.92. The predicted octanol–water partition coefficient (Wildman–Crippen LogP) is 0.622. The summed E-state index contributed by atoms with van der Waals surface area (Å²) in [5, 5.41) is 16.8. The van der Waals surface area contributed by atoms with Gasteiger partial charge in [0.05, 0.1) is 12.6 Å². The van der Waals surface area contributed by atoms with Gasteiger partial charge in [-0.25, -0.2) is 4.79 Å². The zero-order valence-electron chi connectivity index (χ0n) is 18.5. The third kappa shape index (κ3) is 9.74. The summed E-state index contributed by atoms with van der Waals surface area (Å²) >= 11 is 0. The standard InChI is InChI=1S/C20H38N4O5/c1-7-12(5)16(21)19(27)23-14(9-11(3)4)18(26)22-10-15(25)24-17(20(28)29)13(6)8-2/h11-14,16-17H,7-10,21H2,1-6H3,(H,22,26)(H,23,27)(H,24,25)(H,28,29). The summed E-state index contributed by atoms with van der Waals surface area (Å²) in [5.74, 6) is -2.79. The zero-order valence-corrected chi connectivity index (χ0v) is 18.5. The maximum Gasteiger partial charge on any atom is 0.326 e. The Morgan fingerprint density at radius 2 is 1.45 bits per heavy atom. The molecule has 9 heteroatoms. The molecule has 5 unspecified atom stereocenters. The van der Waals surface area contributed by atoms with E-state index < -0.39 is 41.8 Å². The summed E-state index contributed by atoms with van der Waals surface area (Å²) in [5.41, 5.74) is 5.93. The van der Waals surface area contributed by atoms with Crippen molar-refractivity contribution in [2.75, 3.05) is 6.54 Å². The van der Waals surface area contributed by atoms with Gasteiger partial charge in [-0.3, -0.25) is 14.4 Å². The van der Waals surface area contributed by atoms with Crippen LogP contribution in [-0.2, 0) is 19.2 Å². The molecule has 0 aromatic rings. The van der Waals surface area contributed by atoms with E-state index in [1.807, 2.05) is 34.6 Å². The number of amides is 3. The molecule has 0 bridgehead atoms. The molecule has 6 N–H and O–H groups in total. The molecule has 5 atom stereocenters. The van der Waals surface area contributed by atoms with E-state index in [1.54, 1.807) is 6.92 Å². The maximum absolute atomic E-state index is 12.5. The molecule has 0 fully saturated rings. The summed E-state index contributed by atoms with van der Waals surface area (Å²) in [6.07, 6.45) is 1.70. The van der Waals surface area contributed by atoms with Crippen molar-refractivity contribution in [1.82, 2.24) is 16.0 Å². The Labute approximate surface area is 173 Å². The van der Waals surface area contributed by atoms with Crippen LogP contribution in [0.4, 0.5) is 0 Å². The largest absolute Gasteiger partial charge is 0.480 e. The average Bonchev–Trinajstić information content (AvgIpc) is 2.66. The zero-order chi connectivity index (χ0) is 22.7. The maximum atomic E-state index is 12.5. The number of carbonyl (C=O) groups is 4. The van der Waals surface area contributed by atoms with Crippen molar-refractivity contribution in [1.29, 1.82) is 0 Å². The van der Waals surface area contributed by atoms with E-state index in [-0.39, 0.29) is 24.3 Å². The highest BCUT2D eigenvalue weighted by atomic mass is 16.4. The highest BCUT2D eigenvalue weighted by molar-refractivity contribution is 5.92. The third-order valence-electron chi connectivity index (χ3n) is 5.12. The highest BCUT2D eigenvalue weighted by Crippen LogP contribution is 2.09. The molecule has 0 aliphatic carbocycles. The SMILES string of the molecule is CCC(C)C(N)C(=O)NC(CC(C)C)C(=O)NCC(=O)NC(C(=O)O)C(C)CC. The van der Waals surface area contributed by atoms with Crippen LogP contribution in [0.5, 0.6) is 0 Å². The molecule has 0 spiro atoms. The molecule has 29 heavy (non-hydrogen) atoms. The van der Waals surface area contributed by atoms with Crippen LogP contribution in [0.2, 0.25) is 0 Å². The Hall–Kier alpha value is -2.16. The minimum Gasteiger partial charge on any atom is -0.480 e. The molecule has 0 heterocycles. The van der Waals surface area contributed by atoms with E-state index in [1.165, 1.54) is 0 Å². The van der Waals surface area contributed by atoms with Gasteiger partial charge in [-0.2, -0.15) is 0 Å². The highest BCUT2D eigenvalue weighted by Gasteiger charge is 2.28. The second kappa shape index (κ2) is 13.1. The Morgan fingerprint density at radius 1 is 0.897 bits per heavy atom. The fraction of sp³-hybridized carbons (Fsp3) is 0.800. The van der Waals surface area contributed by atoms with Crippen molar-refractivity contribution in [2.45, 2.75) is 78.9 Å². The molecule has 0 aliphatic rings. The van der Waals surface area contributed by atoms with E-state index in [4.69, 9.17) is 5.73 Å². The number of nitrogens with one attached hydrogen (secondary N) is 3. The van der Waals surface area contributed by atoms with E-state index in [9.17, 15) is 24.3 Å². The van der Waals surface area contributed by atoms with Crippen LogP contribution in [0, 0.1) is 17.8 Å². The van der Waals surface area contributed by atoms with E-state index in [2.05, 4.69) is 16.0 Å². The topological polar surface area (TPSA) is 151 Å². The van der Waals surface area contributed by atoms with Crippen LogP contribution in [0.25, 0.3) is 0 Å². The van der Waals surface area contributed by atoms with Gasteiger partial charge in [0, 0.05) is 0 Å². The molecule has 0 saturated carbocycles. The van der Waals surface area contributed by atoms with E-state index in [0.29, 0.717) is 12.8 Å². The molecule has 0 aliphatic heterocycles. The van der Waals surface area contributed by atoms with Gasteiger partial charge in [-0.15, -0.1) is 0 Å². The lowest BCUT2D eigenvalue weighted by Gasteiger charge is -2.24. The number of carboxylic acid groups (broad SMARTS) is 1. The number of aliphatic carboxylic acids is 1. The van der Waals surface area contributed by atoms with Gasteiger partial charge in [0.25, 0.3) is 0 Å². The number of carboxylic acids is 1. The first kappa shape index (κ1) is 26.8. The first-order chi connectivity index (χ1) is 13.4. The van der Waals surface area contributed by atoms with E-state index in [0.717, 1.165) is 6.42 Å². The van der Waals surface area contributed by atoms with Crippen molar-refractivity contribution < 1.29 is 24.3 Å². The number of nitrogens with two attached hydrogens (primary N) is 1. The minimum absolute atomic E-state index is 0.0305. The lowest BCUT2D eigenvalue weighted by Crippen LogP contribution is -2.55. The first-order valence-corrected chi connectivity index (χ1v) is 10.3. The van der Waals surface area contributed by atoms with Crippen molar-refractivity contribution in [3.05, 3.63) is 0 Å². The molecular weight excluding hydrogens is 376 g/mol. The summed E-state index contributed by atoms with van der Waals surface area (Å²) in [7, 11) is 0. The minimum atomic E-state index is -1.12. The summed E-state index contributed by atoms with van der Waals surface area (Å²) in [6.45, 7) is 10.8. The van der Waals surface area contributed by atoms with Crippen LogP contribution >= 0.6 is 0 Å². The van der Waals surface area contributed by atoms with Crippen LogP contribution < -0.4 is 21.7 Å². The van der Waals surface area contributed by atoms with Crippen LogP contribution in [0.1, 0.15) is 60.8 Å². The predicted molar refractivity (Wildman–Crippen MR) is 111 cm³/mol. The molecule has 0 aromatic carbocycles. The van der Waals surface area contributed by atoms with Gasteiger partial charge in [0.1, 0.15) is 12.1 Å². The number of rotatable bonds is 13. The number of hydrogen-bond donors (Lipinski definition) is 5. The molecule has 168 valence electrons. The van der Waals surface area contributed by atoms with Gasteiger partial charge in [0.2, 0.25) is 17.7 Å². The second-order valence-electron chi connectivity index (χ2n) is 8.09. The monoisotopic (exact) mass is 414 g/mol. The Bertz CT molecular complexity index is 567. The van der Waals surface area contributed by atoms with Gasteiger partial charge in [-0.05, 0) is 24.2 Å². The van der Waals surface area contributed by atoms with Gasteiger partial charge < -0.3 is 26.8 Å². The molecule has 0 radical (unpaired) electrons.